The van der Waals surface area contributed by atoms with Crippen LogP contribution in [0, 0.1) is 6.92 Å². The molecule has 0 aliphatic heterocycles. The Kier molecular flexibility index (Phi) is 4.28. The number of hydrogen-bond donors (Lipinski definition) is 3. The van der Waals surface area contributed by atoms with Crippen molar-refractivity contribution < 1.29 is 19.8 Å². The minimum atomic E-state index is -1.04. The van der Waals surface area contributed by atoms with Crippen LogP contribution in [0.25, 0.3) is 0 Å². The fourth-order valence-electron chi connectivity index (χ4n) is 1.69. The molecule has 0 saturated heterocycles. The van der Waals surface area contributed by atoms with E-state index in [1.165, 1.54) is 24.3 Å². The van der Waals surface area contributed by atoms with E-state index in [0.717, 1.165) is 0 Å². The molecule has 0 atom stereocenters. The number of carbonyl (C=O) groups excluding carboxylic acids is 1. The highest BCUT2D eigenvalue weighted by Gasteiger charge is 2.12. The molecule has 0 aliphatic carbocycles. The van der Waals surface area contributed by atoms with Crippen molar-refractivity contribution in [3.05, 3.63) is 57.6 Å². The number of aromatic carboxylic acids is 1. The molecule has 1 amide bonds. The fraction of sp³-hybridized carbons (Fsp3) is 0.0667. The SMILES string of the molecule is Cc1ccc(C(=O)Nc2ccc(C(=O)O)cc2Br)cc1O. The Labute approximate surface area is 129 Å². The third-order valence-corrected chi connectivity index (χ3v) is 3.59. The highest BCUT2D eigenvalue weighted by atomic mass is 79.9. The molecule has 2 aromatic rings. The fourth-order valence-corrected chi connectivity index (χ4v) is 2.17. The van der Waals surface area contributed by atoms with Crippen molar-refractivity contribution in [2.75, 3.05) is 5.32 Å². The number of carboxylic acid groups (broad SMARTS) is 1. The number of carbonyl (C=O) groups is 2. The molecule has 3 N–H and O–H groups in total. The Bertz CT molecular complexity index is 728. The quantitative estimate of drug-likeness (QED) is 0.792. The molecule has 0 heterocycles. The lowest BCUT2D eigenvalue weighted by molar-refractivity contribution is 0.0696. The number of hydrogen-bond acceptors (Lipinski definition) is 3. The van der Waals surface area contributed by atoms with Crippen molar-refractivity contribution in [3.8, 4) is 5.75 Å². The first-order valence-corrected chi connectivity index (χ1v) is 6.81. The molecule has 0 fully saturated rings. The molecule has 0 radical (unpaired) electrons. The summed E-state index contributed by atoms with van der Waals surface area (Å²) < 4.78 is 0.465. The Balaban J connectivity index is 2.23. The zero-order valence-electron chi connectivity index (χ0n) is 11.1. The van der Waals surface area contributed by atoms with Crippen molar-refractivity contribution in [2.45, 2.75) is 6.92 Å². The molecule has 6 heteroatoms. The average molecular weight is 350 g/mol. The zero-order valence-corrected chi connectivity index (χ0v) is 12.6. The third kappa shape index (κ3) is 3.41. The summed E-state index contributed by atoms with van der Waals surface area (Å²) in [5, 5.41) is 21.1. The second kappa shape index (κ2) is 5.97. The van der Waals surface area contributed by atoms with Crippen LogP contribution in [0.4, 0.5) is 5.69 Å². The van der Waals surface area contributed by atoms with E-state index in [1.807, 2.05) is 0 Å². The molecule has 5 nitrogen and oxygen atoms in total. The molecule has 0 spiro atoms. The molecule has 0 saturated carbocycles. The van der Waals surface area contributed by atoms with E-state index in [4.69, 9.17) is 5.11 Å². The first-order valence-electron chi connectivity index (χ1n) is 6.02. The molecule has 2 rings (SSSR count). The van der Waals surface area contributed by atoms with Gasteiger partial charge in [0.05, 0.1) is 11.3 Å². The van der Waals surface area contributed by atoms with Crippen LogP contribution in [0.15, 0.2) is 40.9 Å². The number of benzene rings is 2. The smallest absolute Gasteiger partial charge is 0.335 e. The third-order valence-electron chi connectivity index (χ3n) is 2.94. The standard InChI is InChI=1S/C15H12BrNO4/c1-8-2-3-9(7-13(8)18)14(19)17-12-5-4-10(15(20)21)6-11(12)16/h2-7,18H,1H3,(H,17,19)(H,20,21). The number of anilines is 1. The van der Waals surface area contributed by atoms with Gasteiger partial charge in [0.2, 0.25) is 0 Å². The van der Waals surface area contributed by atoms with E-state index in [0.29, 0.717) is 21.3 Å². The second-order valence-corrected chi connectivity index (χ2v) is 5.31. The van der Waals surface area contributed by atoms with Gasteiger partial charge >= 0.3 is 5.97 Å². The van der Waals surface area contributed by atoms with Crippen molar-refractivity contribution in [3.63, 3.8) is 0 Å². The molecular weight excluding hydrogens is 338 g/mol. The van der Waals surface area contributed by atoms with E-state index >= 15 is 0 Å². The summed E-state index contributed by atoms with van der Waals surface area (Å²) in [4.78, 5) is 22.9. The molecule has 0 unspecified atom stereocenters. The maximum absolute atomic E-state index is 12.1. The van der Waals surface area contributed by atoms with Gasteiger partial charge in [-0.25, -0.2) is 4.79 Å². The lowest BCUT2D eigenvalue weighted by Crippen LogP contribution is -2.12. The van der Waals surface area contributed by atoms with Crippen molar-refractivity contribution in [2.24, 2.45) is 0 Å². The Hall–Kier alpha value is -2.34. The van der Waals surface area contributed by atoms with Crippen LogP contribution in [0.1, 0.15) is 26.3 Å². The van der Waals surface area contributed by atoms with Gasteiger partial charge in [0.1, 0.15) is 5.75 Å². The lowest BCUT2D eigenvalue weighted by atomic mass is 10.1. The zero-order chi connectivity index (χ0) is 15.6. The van der Waals surface area contributed by atoms with E-state index < -0.39 is 11.9 Å². The highest BCUT2D eigenvalue weighted by molar-refractivity contribution is 9.10. The van der Waals surface area contributed by atoms with Gasteiger partial charge in [-0.1, -0.05) is 6.07 Å². The van der Waals surface area contributed by atoms with Gasteiger partial charge in [-0.3, -0.25) is 4.79 Å². The van der Waals surface area contributed by atoms with Crippen LogP contribution < -0.4 is 5.32 Å². The Morgan fingerprint density at radius 3 is 2.33 bits per heavy atom. The van der Waals surface area contributed by atoms with Crippen LogP contribution in [0.3, 0.4) is 0 Å². The Morgan fingerprint density at radius 1 is 1.10 bits per heavy atom. The molecule has 0 aromatic heterocycles. The number of carboxylic acids is 1. The topological polar surface area (TPSA) is 86.6 Å². The van der Waals surface area contributed by atoms with Crippen LogP contribution in [0.5, 0.6) is 5.75 Å². The van der Waals surface area contributed by atoms with E-state index in [9.17, 15) is 14.7 Å². The average Bonchev–Trinajstić information content (AvgIpc) is 2.43. The largest absolute Gasteiger partial charge is 0.508 e. The number of rotatable bonds is 3. The number of aromatic hydroxyl groups is 1. The van der Waals surface area contributed by atoms with Crippen LogP contribution in [-0.2, 0) is 0 Å². The maximum Gasteiger partial charge on any atom is 0.335 e. The number of aryl methyl sites for hydroxylation is 1. The summed E-state index contributed by atoms with van der Waals surface area (Å²) >= 11 is 3.22. The van der Waals surface area contributed by atoms with E-state index in [1.54, 1.807) is 19.1 Å². The number of nitrogens with one attached hydrogen (secondary N) is 1. The molecule has 0 aliphatic rings. The van der Waals surface area contributed by atoms with Gasteiger partial charge in [-0.2, -0.15) is 0 Å². The lowest BCUT2D eigenvalue weighted by Gasteiger charge is -2.09. The number of phenolic OH excluding ortho intramolecular Hbond substituents is 1. The summed E-state index contributed by atoms with van der Waals surface area (Å²) in [6.45, 7) is 1.73. The second-order valence-electron chi connectivity index (χ2n) is 4.46. The van der Waals surface area contributed by atoms with Gasteiger partial charge in [0.15, 0.2) is 0 Å². The van der Waals surface area contributed by atoms with Crippen LogP contribution in [-0.4, -0.2) is 22.1 Å². The number of amides is 1. The van der Waals surface area contributed by atoms with Crippen molar-refractivity contribution in [1.82, 2.24) is 0 Å². The van der Waals surface area contributed by atoms with Crippen LogP contribution >= 0.6 is 15.9 Å². The molecule has 108 valence electrons. The first kappa shape index (κ1) is 15.1. The summed E-state index contributed by atoms with van der Waals surface area (Å²) in [6, 6.07) is 8.93. The number of halogens is 1. The maximum atomic E-state index is 12.1. The van der Waals surface area contributed by atoms with Crippen molar-refractivity contribution >= 4 is 33.5 Å². The van der Waals surface area contributed by atoms with Crippen molar-refractivity contribution in [1.29, 1.82) is 0 Å². The minimum Gasteiger partial charge on any atom is -0.508 e. The highest BCUT2D eigenvalue weighted by Crippen LogP contribution is 2.25. The summed E-state index contributed by atoms with van der Waals surface area (Å²) in [5.74, 6) is -1.39. The molecule has 0 bridgehead atoms. The predicted molar refractivity (Wildman–Crippen MR) is 81.9 cm³/mol. The predicted octanol–water partition coefficient (Wildman–Crippen LogP) is 3.41. The van der Waals surface area contributed by atoms with Gasteiger partial charge in [-0.15, -0.1) is 0 Å². The van der Waals surface area contributed by atoms with Gasteiger partial charge in [-0.05, 0) is 58.7 Å². The first-order chi connectivity index (χ1) is 9.88. The summed E-state index contributed by atoms with van der Waals surface area (Å²) in [5.41, 5.74) is 1.56. The molecular formula is C15H12BrNO4. The monoisotopic (exact) mass is 349 g/mol. The van der Waals surface area contributed by atoms with E-state index in [-0.39, 0.29) is 11.3 Å². The number of phenols is 1. The van der Waals surface area contributed by atoms with E-state index in [2.05, 4.69) is 21.2 Å². The Morgan fingerprint density at radius 2 is 1.76 bits per heavy atom. The van der Waals surface area contributed by atoms with Gasteiger partial charge in [0.25, 0.3) is 5.91 Å². The molecule has 21 heavy (non-hydrogen) atoms. The summed E-state index contributed by atoms with van der Waals surface area (Å²) in [6.07, 6.45) is 0. The van der Waals surface area contributed by atoms with Gasteiger partial charge in [0, 0.05) is 10.0 Å². The van der Waals surface area contributed by atoms with Gasteiger partial charge < -0.3 is 15.5 Å². The van der Waals surface area contributed by atoms with Crippen LogP contribution in [0.2, 0.25) is 0 Å². The normalized spacial score (nSPS) is 10.2. The molecule has 2 aromatic carbocycles. The minimum absolute atomic E-state index is 0.0444. The summed E-state index contributed by atoms with van der Waals surface area (Å²) in [7, 11) is 0.